The maximum absolute atomic E-state index is 13.3. The maximum atomic E-state index is 13.3. The summed E-state index contributed by atoms with van der Waals surface area (Å²) in [5.74, 6) is -0.535. The average Bonchev–Trinajstić information content (AvgIpc) is 3.00. The number of phenols is 1. The molecule has 0 radical (unpaired) electrons. The topological polar surface area (TPSA) is 47.3 Å². The Morgan fingerprint density at radius 1 is 1.08 bits per heavy atom. The number of benzene rings is 2. The van der Waals surface area contributed by atoms with Gasteiger partial charge in [0.15, 0.2) is 0 Å². The average molecular weight is 334 g/mol. The predicted octanol–water partition coefficient (Wildman–Crippen LogP) is 4.27. The number of imidazole rings is 1. The molecule has 0 amide bonds. The van der Waals surface area contributed by atoms with E-state index in [9.17, 15) is 18.3 Å². The van der Waals surface area contributed by atoms with E-state index in [2.05, 4.69) is 4.98 Å². The highest BCUT2D eigenvalue weighted by Gasteiger charge is 2.37. The van der Waals surface area contributed by atoms with Gasteiger partial charge in [-0.25, -0.2) is 4.98 Å². The van der Waals surface area contributed by atoms with Crippen LogP contribution in [0.1, 0.15) is 5.82 Å². The van der Waals surface area contributed by atoms with Crippen LogP contribution in [0.25, 0.3) is 16.9 Å². The second-order valence-electron chi connectivity index (χ2n) is 5.07. The molecule has 7 heteroatoms. The molecule has 24 heavy (non-hydrogen) atoms. The zero-order chi connectivity index (χ0) is 17.3. The summed E-state index contributed by atoms with van der Waals surface area (Å²) >= 11 is 0. The molecule has 0 spiro atoms. The molecule has 3 rings (SSSR count). The third kappa shape index (κ3) is 3.05. The van der Waals surface area contributed by atoms with E-state index >= 15 is 0 Å². The molecule has 0 fully saturated rings. The van der Waals surface area contributed by atoms with Crippen LogP contribution in [0.4, 0.5) is 13.2 Å². The Hall–Kier alpha value is -2.96. The number of methoxy groups -OCH3 is 1. The molecule has 0 aliphatic heterocycles. The number of alkyl halides is 3. The quantitative estimate of drug-likeness (QED) is 0.778. The number of phenolic OH excluding ortho intramolecular Hbond substituents is 1. The molecular weight excluding hydrogens is 321 g/mol. The summed E-state index contributed by atoms with van der Waals surface area (Å²) in [6, 6.07) is 12.1. The van der Waals surface area contributed by atoms with Gasteiger partial charge in [-0.15, -0.1) is 0 Å². The molecule has 1 N–H and O–H groups in total. The van der Waals surface area contributed by atoms with Crippen molar-refractivity contribution in [2.75, 3.05) is 7.11 Å². The third-order valence-corrected chi connectivity index (χ3v) is 3.45. The van der Waals surface area contributed by atoms with Gasteiger partial charge in [0.25, 0.3) is 0 Å². The molecule has 2 aromatic carbocycles. The lowest BCUT2D eigenvalue weighted by molar-refractivity contribution is -0.145. The van der Waals surface area contributed by atoms with Crippen molar-refractivity contribution in [2.24, 2.45) is 0 Å². The largest absolute Gasteiger partial charge is 0.508 e. The van der Waals surface area contributed by atoms with Crippen LogP contribution in [-0.2, 0) is 6.18 Å². The summed E-state index contributed by atoms with van der Waals surface area (Å²) in [6.07, 6.45) is -3.32. The van der Waals surface area contributed by atoms with Crippen molar-refractivity contribution in [1.29, 1.82) is 0 Å². The normalized spacial score (nSPS) is 11.5. The molecule has 0 aliphatic carbocycles. The number of halogens is 3. The first-order chi connectivity index (χ1) is 11.4. The highest BCUT2D eigenvalue weighted by Crippen LogP contribution is 2.34. The molecule has 0 aliphatic rings. The summed E-state index contributed by atoms with van der Waals surface area (Å²) in [5.41, 5.74) is 0.823. The minimum absolute atomic E-state index is 0.0416. The van der Waals surface area contributed by atoms with E-state index in [1.165, 1.54) is 37.6 Å². The molecule has 0 bridgehead atoms. The lowest BCUT2D eigenvalue weighted by Gasteiger charge is -2.10. The van der Waals surface area contributed by atoms with Gasteiger partial charge in [-0.3, -0.25) is 4.57 Å². The molecule has 1 aromatic heterocycles. The van der Waals surface area contributed by atoms with Gasteiger partial charge in [0.05, 0.1) is 12.8 Å². The highest BCUT2D eigenvalue weighted by atomic mass is 19.4. The van der Waals surface area contributed by atoms with Crippen molar-refractivity contribution in [2.45, 2.75) is 6.18 Å². The number of ether oxygens (including phenoxy) is 1. The fourth-order valence-electron chi connectivity index (χ4n) is 2.32. The first kappa shape index (κ1) is 15.9. The minimum Gasteiger partial charge on any atom is -0.508 e. The van der Waals surface area contributed by atoms with Gasteiger partial charge in [0.2, 0.25) is 5.82 Å². The lowest BCUT2D eigenvalue weighted by Crippen LogP contribution is -2.13. The van der Waals surface area contributed by atoms with E-state index in [4.69, 9.17) is 4.74 Å². The van der Waals surface area contributed by atoms with E-state index in [0.717, 1.165) is 4.57 Å². The summed E-state index contributed by atoms with van der Waals surface area (Å²) in [4.78, 5) is 3.71. The Morgan fingerprint density at radius 2 is 1.79 bits per heavy atom. The molecule has 0 saturated carbocycles. The number of aromatic hydroxyl groups is 1. The minimum atomic E-state index is -4.62. The molecule has 0 unspecified atom stereocenters. The predicted molar refractivity (Wildman–Crippen MR) is 82.2 cm³/mol. The molecule has 4 nitrogen and oxygen atoms in total. The van der Waals surface area contributed by atoms with E-state index in [0.29, 0.717) is 17.0 Å². The van der Waals surface area contributed by atoms with Gasteiger partial charge in [0.1, 0.15) is 11.5 Å². The molecule has 0 atom stereocenters. The van der Waals surface area contributed by atoms with Crippen LogP contribution in [0, 0.1) is 0 Å². The van der Waals surface area contributed by atoms with Gasteiger partial charge in [0, 0.05) is 17.4 Å². The van der Waals surface area contributed by atoms with Crippen LogP contribution < -0.4 is 4.74 Å². The summed E-state index contributed by atoms with van der Waals surface area (Å²) in [5, 5.41) is 9.51. The first-order valence-corrected chi connectivity index (χ1v) is 6.99. The zero-order valence-electron chi connectivity index (χ0n) is 12.6. The van der Waals surface area contributed by atoms with Gasteiger partial charge in [-0.1, -0.05) is 12.1 Å². The number of aromatic nitrogens is 2. The second kappa shape index (κ2) is 5.92. The number of hydrogen-bond acceptors (Lipinski definition) is 3. The van der Waals surface area contributed by atoms with Crippen molar-refractivity contribution in [3.63, 3.8) is 0 Å². The second-order valence-corrected chi connectivity index (χ2v) is 5.07. The Morgan fingerprint density at radius 3 is 2.38 bits per heavy atom. The van der Waals surface area contributed by atoms with Crippen molar-refractivity contribution < 1.29 is 23.0 Å². The highest BCUT2D eigenvalue weighted by molar-refractivity contribution is 5.61. The Balaban J connectivity index is 2.13. The summed E-state index contributed by atoms with van der Waals surface area (Å²) < 4.78 is 46.0. The first-order valence-electron chi connectivity index (χ1n) is 6.99. The maximum Gasteiger partial charge on any atom is 0.450 e. The fourth-order valence-corrected chi connectivity index (χ4v) is 2.32. The van der Waals surface area contributed by atoms with Gasteiger partial charge < -0.3 is 9.84 Å². The van der Waals surface area contributed by atoms with E-state index in [-0.39, 0.29) is 11.4 Å². The smallest absolute Gasteiger partial charge is 0.450 e. The standard InChI is InChI=1S/C17H13F3N2O2/c1-24-14-7-5-12(6-8-14)22-10-15(21-16(22)17(18,19)20)11-3-2-4-13(23)9-11/h2-10,23H,1H3. The Labute approximate surface area is 135 Å². The van der Waals surface area contributed by atoms with Crippen molar-refractivity contribution >= 4 is 0 Å². The summed E-state index contributed by atoms with van der Waals surface area (Å²) in [7, 11) is 1.48. The third-order valence-electron chi connectivity index (χ3n) is 3.45. The van der Waals surface area contributed by atoms with Crippen LogP contribution in [0.5, 0.6) is 11.5 Å². The lowest BCUT2D eigenvalue weighted by atomic mass is 10.1. The van der Waals surface area contributed by atoms with Crippen molar-refractivity contribution in [3.05, 3.63) is 60.6 Å². The van der Waals surface area contributed by atoms with Crippen molar-refractivity contribution in [3.8, 4) is 28.4 Å². The molecular formula is C17H13F3N2O2. The van der Waals surface area contributed by atoms with E-state index in [1.807, 2.05) is 0 Å². The van der Waals surface area contributed by atoms with Crippen molar-refractivity contribution in [1.82, 2.24) is 9.55 Å². The zero-order valence-corrected chi connectivity index (χ0v) is 12.6. The van der Waals surface area contributed by atoms with E-state index < -0.39 is 12.0 Å². The number of nitrogens with zero attached hydrogens (tertiary/aromatic N) is 2. The monoisotopic (exact) mass is 334 g/mol. The van der Waals surface area contributed by atoms with Crippen LogP contribution in [-0.4, -0.2) is 21.8 Å². The van der Waals surface area contributed by atoms with Gasteiger partial charge in [-0.2, -0.15) is 13.2 Å². The van der Waals surface area contributed by atoms with Gasteiger partial charge in [-0.05, 0) is 36.4 Å². The Kier molecular flexibility index (Phi) is 3.92. The van der Waals surface area contributed by atoms with Crippen LogP contribution >= 0.6 is 0 Å². The molecule has 124 valence electrons. The van der Waals surface area contributed by atoms with Gasteiger partial charge >= 0.3 is 6.18 Å². The number of rotatable bonds is 3. The van der Waals surface area contributed by atoms with Crippen LogP contribution in [0.15, 0.2) is 54.7 Å². The van der Waals surface area contributed by atoms with E-state index in [1.54, 1.807) is 24.3 Å². The van der Waals surface area contributed by atoms with Crippen LogP contribution in [0.3, 0.4) is 0 Å². The molecule has 0 saturated heterocycles. The summed E-state index contributed by atoms with van der Waals surface area (Å²) in [6.45, 7) is 0. The SMILES string of the molecule is COc1ccc(-n2cc(-c3cccc(O)c3)nc2C(F)(F)F)cc1. The Bertz CT molecular complexity index is 855. The molecule has 3 aromatic rings. The number of hydrogen-bond donors (Lipinski definition) is 1. The fraction of sp³-hybridized carbons (Fsp3) is 0.118. The van der Waals surface area contributed by atoms with Crippen LogP contribution in [0.2, 0.25) is 0 Å². The molecule has 1 heterocycles.